The van der Waals surface area contributed by atoms with Crippen molar-refractivity contribution in [1.82, 2.24) is 10.6 Å². The van der Waals surface area contributed by atoms with Gasteiger partial charge in [-0.05, 0) is 37.6 Å². The third kappa shape index (κ3) is 6.16. The molecule has 30 heavy (non-hydrogen) atoms. The number of carbonyl (C=O) groups is 4. The molecule has 0 saturated carbocycles. The molecule has 0 unspecified atom stereocenters. The Morgan fingerprint density at radius 2 is 1.57 bits per heavy atom. The summed E-state index contributed by atoms with van der Waals surface area (Å²) in [5.41, 5.74) is 0.836. The predicted octanol–water partition coefficient (Wildman–Crippen LogP) is 2.74. The molecule has 0 aliphatic heterocycles. The van der Waals surface area contributed by atoms with E-state index in [1.54, 1.807) is 50.4 Å². The van der Waals surface area contributed by atoms with Gasteiger partial charge >= 0.3 is 12.0 Å². The van der Waals surface area contributed by atoms with Crippen molar-refractivity contribution in [1.29, 1.82) is 0 Å². The maximum absolute atomic E-state index is 12.9. The second kappa shape index (κ2) is 10.8. The number of rotatable bonds is 7. The molecule has 2 aromatic carbocycles. The van der Waals surface area contributed by atoms with Crippen LogP contribution in [0.1, 0.15) is 41.0 Å². The molecule has 0 fully saturated rings. The molecular weight excluding hydrogens is 386 g/mol. The summed E-state index contributed by atoms with van der Waals surface area (Å²) in [5.74, 6) is -2.00. The number of benzene rings is 2. The number of nitrogens with one attached hydrogen (secondary N) is 2. The number of hydrogen-bond acceptors (Lipinski definition) is 5. The highest BCUT2D eigenvalue weighted by Crippen LogP contribution is 2.18. The molecule has 0 spiro atoms. The highest BCUT2D eigenvalue weighted by atomic mass is 16.5. The minimum Gasteiger partial charge on any atom is -0.452 e. The fourth-order valence-electron chi connectivity index (χ4n) is 2.53. The SMILES string of the molecule is CC[C@H](C)NC(=O)NC(=O)COC(=O)c1ccccc1C(=O)N(C)c1ccccc1. The Kier molecular flexibility index (Phi) is 8.10. The van der Waals surface area contributed by atoms with Gasteiger partial charge in [0.1, 0.15) is 0 Å². The first-order valence-electron chi connectivity index (χ1n) is 9.53. The molecule has 8 heteroatoms. The second-order valence-corrected chi connectivity index (χ2v) is 6.65. The fourth-order valence-corrected chi connectivity index (χ4v) is 2.53. The van der Waals surface area contributed by atoms with Crippen LogP contribution in [0.25, 0.3) is 0 Å². The van der Waals surface area contributed by atoms with Crippen LogP contribution in [-0.2, 0) is 9.53 Å². The Bertz CT molecular complexity index is 914. The van der Waals surface area contributed by atoms with Crippen LogP contribution in [0.3, 0.4) is 0 Å². The average molecular weight is 411 g/mol. The number of urea groups is 1. The normalized spacial score (nSPS) is 11.2. The lowest BCUT2D eigenvalue weighted by Gasteiger charge is -2.18. The van der Waals surface area contributed by atoms with E-state index in [9.17, 15) is 19.2 Å². The van der Waals surface area contributed by atoms with E-state index in [1.165, 1.54) is 17.0 Å². The lowest BCUT2D eigenvalue weighted by molar-refractivity contribution is -0.123. The van der Waals surface area contributed by atoms with E-state index < -0.39 is 30.4 Å². The number of imide groups is 1. The Hall–Kier alpha value is -3.68. The van der Waals surface area contributed by atoms with Crippen LogP contribution >= 0.6 is 0 Å². The number of hydrogen-bond donors (Lipinski definition) is 2. The van der Waals surface area contributed by atoms with Crippen LogP contribution in [-0.4, -0.2) is 43.5 Å². The first kappa shape index (κ1) is 22.6. The Balaban J connectivity index is 2.03. The molecule has 0 bridgehead atoms. The van der Waals surface area contributed by atoms with E-state index in [2.05, 4.69) is 10.6 Å². The van der Waals surface area contributed by atoms with Gasteiger partial charge in [0.15, 0.2) is 6.61 Å². The fraction of sp³-hybridized carbons (Fsp3) is 0.273. The molecule has 0 saturated heterocycles. The van der Waals surface area contributed by atoms with Gasteiger partial charge in [0.05, 0.1) is 11.1 Å². The summed E-state index contributed by atoms with van der Waals surface area (Å²) >= 11 is 0. The van der Waals surface area contributed by atoms with Gasteiger partial charge in [-0.2, -0.15) is 0 Å². The standard InChI is InChI=1S/C22H25N3O5/c1-4-15(2)23-22(29)24-19(26)14-30-21(28)18-13-9-8-12-17(18)20(27)25(3)16-10-6-5-7-11-16/h5-13,15H,4,14H2,1-3H3,(H2,23,24,26,29)/t15-/m0/s1. The Morgan fingerprint density at radius 3 is 2.20 bits per heavy atom. The maximum Gasteiger partial charge on any atom is 0.339 e. The molecule has 0 aliphatic carbocycles. The summed E-state index contributed by atoms with van der Waals surface area (Å²) in [5, 5.41) is 4.66. The number of anilines is 1. The number of esters is 1. The van der Waals surface area contributed by atoms with Crippen molar-refractivity contribution in [3.05, 3.63) is 65.7 Å². The van der Waals surface area contributed by atoms with Crippen LogP contribution in [0.4, 0.5) is 10.5 Å². The largest absolute Gasteiger partial charge is 0.452 e. The van der Waals surface area contributed by atoms with Crippen LogP contribution in [0, 0.1) is 0 Å². The lowest BCUT2D eigenvalue weighted by atomic mass is 10.1. The van der Waals surface area contributed by atoms with Crippen LogP contribution < -0.4 is 15.5 Å². The van der Waals surface area contributed by atoms with Crippen molar-refractivity contribution in [3.8, 4) is 0 Å². The first-order valence-corrected chi connectivity index (χ1v) is 9.53. The molecule has 0 aromatic heterocycles. The van der Waals surface area contributed by atoms with E-state index in [1.807, 2.05) is 13.0 Å². The van der Waals surface area contributed by atoms with Crippen molar-refractivity contribution in [2.45, 2.75) is 26.3 Å². The summed E-state index contributed by atoms with van der Waals surface area (Å²) in [4.78, 5) is 50.3. The van der Waals surface area contributed by atoms with Gasteiger partial charge in [0.2, 0.25) is 0 Å². The van der Waals surface area contributed by atoms with Crippen molar-refractivity contribution < 1.29 is 23.9 Å². The maximum atomic E-state index is 12.9. The van der Waals surface area contributed by atoms with Crippen molar-refractivity contribution in [2.24, 2.45) is 0 Å². The zero-order valence-corrected chi connectivity index (χ0v) is 17.2. The smallest absolute Gasteiger partial charge is 0.339 e. The van der Waals surface area contributed by atoms with E-state index in [0.29, 0.717) is 12.1 Å². The van der Waals surface area contributed by atoms with Gasteiger partial charge in [-0.25, -0.2) is 9.59 Å². The quantitative estimate of drug-likeness (QED) is 0.682. The van der Waals surface area contributed by atoms with Gasteiger partial charge in [0, 0.05) is 18.8 Å². The van der Waals surface area contributed by atoms with Gasteiger partial charge in [-0.3, -0.25) is 14.9 Å². The van der Waals surface area contributed by atoms with Crippen molar-refractivity contribution in [3.63, 3.8) is 0 Å². The summed E-state index contributed by atoms with van der Waals surface area (Å²) in [6.45, 7) is 3.04. The number of para-hydroxylation sites is 1. The molecule has 0 aliphatic rings. The number of ether oxygens (including phenoxy) is 1. The Labute approximate surface area is 175 Å². The van der Waals surface area contributed by atoms with E-state index >= 15 is 0 Å². The molecule has 4 amide bonds. The second-order valence-electron chi connectivity index (χ2n) is 6.65. The molecular formula is C22H25N3O5. The van der Waals surface area contributed by atoms with Gasteiger partial charge in [-0.15, -0.1) is 0 Å². The minimum absolute atomic E-state index is 0.0298. The van der Waals surface area contributed by atoms with E-state index in [0.717, 1.165) is 0 Å². The average Bonchev–Trinajstić information content (AvgIpc) is 2.76. The Morgan fingerprint density at radius 1 is 0.967 bits per heavy atom. The van der Waals surface area contributed by atoms with E-state index in [-0.39, 0.29) is 17.2 Å². The van der Waals surface area contributed by atoms with Gasteiger partial charge in [0.25, 0.3) is 11.8 Å². The molecule has 0 radical (unpaired) electrons. The molecule has 2 rings (SSSR count). The molecule has 1 atom stereocenters. The van der Waals surface area contributed by atoms with Crippen LogP contribution in [0.15, 0.2) is 54.6 Å². The monoisotopic (exact) mass is 411 g/mol. The third-order valence-corrected chi connectivity index (χ3v) is 4.40. The zero-order valence-electron chi connectivity index (χ0n) is 17.2. The summed E-state index contributed by atoms with van der Waals surface area (Å²) < 4.78 is 5.00. The van der Waals surface area contributed by atoms with Gasteiger partial charge < -0.3 is 15.0 Å². The molecule has 2 aromatic rings. The van der Waals surface area contributed by atoms with Crippen molar-refractivity contribution >= 4 is 29.5 Å². The van der Waals surface area contributed by atoms with Crippen LogP contribution in [0.5, 0.6) is 0 Å². The molecule has 2 N–H and O–H groups in total. The third-order valence-electron chi connectivity index (χ3n) is 4.40. The lowest BCUT2D eigenvalue weighted by Crippen LogP contribution is -2.44. The van der Waals surface area contributed by atoms with Gasteiger partial charge in [-0.1, -0.05) is 37.3 Å². The van der Waals surface area contributed by atoms with E-state index in [4.69, 9.17) is 4.74 Å². The summed E-state index contributed by atoms with van der Waals surface area (Å²) in [6.07, 6.45) is 0.707. The number of amides is 4. The zero-order chi connectivity index (χ0) is 22.1. The topological polar surface area (TPSA) is 105 Å². The van der Waals surface area contributed by atoms with Crippen molar-refractivity contribution in [2.75, 3.05) is 18.6 Å². The molecule has 158 valence electrons. The van der Waals surface area contributed by atoms with Crippen LogP contribution in [0.2, 0.25) is 0 Å². The molecule has 8 nitrogen and oxygen atoms in total. The highest BCUT2D eigenvalue weighted by Gasteiger charge is 2.22. The predicted molar refractivity (Wildman–Crippen MR) is 112 cm³/mol. The summed E-state index contributed by atoms with van der Waals surface area (Å²) in [6, 6.07) is 14.4. The first-order chi connectivity index (χ1) is 14.3. The number of nitrogens with zero attached hydrogens (tertiary/aromatic N) is 1. The highest BCUT2D eigenvalue weighted by molar-refractivity contribution is 6.12. The minimum atomic E-state index is -0.835. The number of carbonyl (C=O) groups excluding carboxylic acids is 4. The summed E-state index contributed by atoms with van der Waals surface area (Å²) in [7, 11) is 1.60. The molecule has 0 heterocycles.